The lowest BCUT2D eigenvalue weighted by molar-refractivity contribution is 1.14. The largest absolute Gasteiger partial charge is 0.183 e. The van der Waals surface area contributed by atoms with Gasteiger partial charge in [0.25, 0.3) is 0 Å². The standard InChI is InChI=1S/C14H14.C2H6.CH4S/c1-2-12-8-6-7-11-14(12)13-9-4-3-5-10-13;2*1-2/h3-11H,2H2,1H3;1-2H3;2H,1H3. The van der Waals surface area contributed by atoms with E-state index in [9.17, 15) is 0 Å². The molecule has 0 unspecified atom stereocenters. The molecule has 0 aliphatic heterocycles. The van der Waals surface area contributed by atoms with Crippen LogP contribution in [0.25, 0.3) is 11.1 Å². The topological polar surface area (TPSA) is 0 Å². The van der Waals surface area contributed by atoms with Gasteiger partial charge in [-0.05, 0) is 29.4 Å². The first-order chi connectivity index (χ1) is 8.92. The van der Waals surface area contributed by atoms with Crippen molar-refractivity contribution >= 4 is 12.6 Å². The van der Waals surface area contributed by atoms with Gasteiger partial charge in [-0.1, -0.05) is 75.4 Å². The number of rotatable bonds is 2. The first kappa shape index (κ1) is 16.8. The van der Waals surface area contributed by atoms with Crippen molar-refractivity contribution in [1.82, 2.24) is 0 Å². The summed E-state index contributed by atoms with van der Waals surface area (Å²) in [7, 11) is 0. The second-order valence-electron chi connectivity index (χ2n) is 3.38. The Labute approximate surface area is 117 Å². The normalized spacial score (nSPS) is 8.50. The fraction of sp³-hybridized carbons (Fsp3) is 0.294. The number of hydrogen-bond donors (Lipinski definition) is 1. The maximum Gasteiger partial charge on any atom is -0.0152 e. The third kappa shape index (κ3) is 4.97. The first-order valence-corrected chi connectivity index (χ1v) is 7.39. The van der Waals surface area contributed by atoms with Gasteiger partial charge in [0.15, 0.2) is 0 Å². The van der Waals surface area contributed by atoms with Crippen LogP contribution in [-0.4, -0.2) is 6.26 Å². The van der Waals surface area contributed by atoms with E-state index < -0.39 is 0 Å². The molecule has 2 aromatic rings. The minimum atomic E-state index is 1.09. The molecule has 0 spiro atoms. The second-order valence-corrected chi connectivity index (χ2v) is 3.38. The Kier molecular flexibility index (Phi) is 10.2. The van der Waals surface area contributed by atoms with Crippen molar-refractivity contribution in [2.24, 2.45) is 0 Å². The number of benzene rings is 2. The van der Waals surface area contributed by atoms with Gasteiger partial charge in [0.2, 0.25) is 0 Å². The molecule has 0 radical (unpaired) electrons. The minimum Gasteiger partial charge on any atom is -0.183 e. The molecule has 0 saturated carbocycles. The molecule has 0 atom stereocenters. The molecule has 0 heterocycles. The molecule has 1 heteroatoms. The molecule has 0 amide bonds. The van der Waals surface area contributed by atoms with Crippen LogP contribution in [0.5, 0.6) is 0 Å². The molecular formula is C17H24S. The van der Waals surface area contributed by atoms with Gasteiger partial charge < -0.3 is 0 Å². The summed E-state index contributed by atoms with van der Waals surface area (Å²) in [6.07, 6.45) is 2.78. The van der Waals surface area contributed by atoms with Crippen molar-refractivity contribution in [1.29, 1.82) is 0 Å². The molecule has 0 saturated heterocycles. The average molecular weight is 260 g/mol. The first-order valence-electron chi connectivity index (χ1n) is 6.50. The zero-order valence-electron chi connectivity index (χ0n) is 11.9. The van der Waals surface area contributed by atoms with E-state index >= 15 is 0 Å². The summed E-state index contributed by atoms with van der Waals surface area (Å²) in [6.45, 7) is 6.20. The highest BCUT2D eigenvalue weighted by atomic mass is 32.1. The van der Waals surface area contributed by atoms with E-state index in [4.69, 9.17) is 0 Å². The van der Waals surface area contributed by atoms with E-state index in [0.29, 0.717) is 0 Å². The molecular weight excluding hydrogens is 236 g/mol. The molecule has 0 nitrogen and oxygen atoms in total. The van der Waals surface area contributed by atoms with Gasteiger partial charge in [-0.2, -0.15) is 12.6 Å². The summed E-state index contributed by atoms with van der Waals surface area (Å²) in [6, 6.07) is 19.1. The van der Waals surface area contributed by atoms with E-state index in [0.717, 1.165) is 6.42 Å². The van der Waals surface area contributed by atoms with Crippen molar-refractivity contribution in [3.8, 4) is 11.1 Å². The summed E-state index contributed by atoms with van der Waals surface area (Å²) in [5, 5.41) is 0. The van der Waals surface area contributed by atoms with Gasteiger partial charge in [-0.25, -0.2) is 0 Å². The molecule has 18 heavy (non-hydrogen) atoms. The zero-order valence-corrected chi connectivity index (χ0v) is 12.7. The highest BCUT2D eigenvalue weighted by Crippen LogP contribution is 2.23. The molecule has 0 N–H and O–H groups in total. The van der Waals surface area contributed by atoms with Gasteiger partial charge >= 0.3 is 0 Å². The fourth-order valence-electron chi connectivity index (χ4n) is 1.73. The molecule has 0 aliphatic rings. The summed E-state index contributed by atoms with van der Waals surface area (Å²) < 4.78 is 0. The average Bonchev–Trinajstić information content (AvgIpc) is 2.52. The maximum atomic E-state index is 3.53. The predicted molar refractivity (Wildman–Crippen MR) is 87.5 cm³/mol. The summed E-state index contributed by atoms with van der Waals surface area (Å²) in [4.78, 5) is 0. The van der Waals surface area contributed by atoms with E-state index in [2.05, 4.69) is 74.1 Å². The second kappa shape index (κ2) is 10.9. The molecule has 0 fully saturated rings. The van der Waals surface area contributed by atoms with Crippen molar-refractivity contribution < 1.29 is 0 Å². The fourth-order valence-corrected chi connectivity index (χ4v) is 1.73. The highest BCUT2D eigenvalue weighted by molar-refractivity contribution is 7.79. The Morgan fingerprint density at radius 2 is 1.28 bits per heavy atom. The summed E-state index contributed by atoms with van der Waals surface area (Å²) >= 11 is 3.53. The smallest absolute Gasteiger partial charge is 0.0152 e. The van der Waals surface area contributed by atoms with E-state index in [1.165, 1.54) is 16.7 Å². The van der Waals surface area contributed by atoms with Crippen LogP contribution in [0.2, 0.25) is 0 Å². The molecule has 0 aliphatic carbocycles. The Balaban J connectivity index is 0.000000659. The van der Waals surface area contributed by atoms with Crippen LogP contribution in [0.3, 0.4) is 0 Å². The van der Waals surface area contributed by atoms with Gasteiger partial charge in [-0.3, -0.25) is 0 Å². The highest BCUT2D eigenvalue weighted by Gasteiger charge is 2.00. The molecule has 2 rings (SSSR count). The van der Waals surface area contributed by atoms with Gasteiger partial charge in [0, 0.05) is 0 Å². The van der Waals surface area contributed by atoms with Crippen LogP contribution in [0.1, 0.15) is 26.3 Å². The van der Waals surface area contributed by atoms with Crippen LogP contribution in [0, 0.1) is 0 Å². The monoisotopic (exact) mass is 260 g/mol. The summed E-state index contributed by atoms with van der Waals surface area (Å²) in [5.74, 6) is 0. The number of thiol groups is 1. The van der Waals surface area contributed by atoms with Gasteiger partial charge in [0.05, 0.1) is 0 Å². The van der Waals surface area contributed by atoms with Crippen molar-refractivity contribution in [3.63, 3.8) is 0 Å². The van der Waals surface area contributed by atoms with Gasteiger partial charge in [-0.15, -0.1) is 0 Å². The number of hydrogen-bond acceptors (Lipinski definition) is 1. The van der Waals surface area contributed by atoms with Gasteiger partial charge in [0.1, 0.15) is 0 Å². The lowest BCUT2D eigenvalue weighted by Crippen LogP contribution is -1.85. The van der Waals surface area contributed by atoms with E-state index in [1.54, 1.807) is 6.26 Å². The molecule has 98 valence electrons. The van der Waals surface area contributed by atoms with Crippen LogP contribution < -0.4 is 0 Å². The maximum absolute atomic E-state index is 3.53. The Morgan fingerprint density at radius 1 is 0.778 bits per heavy atom. The number of aryl methyl sites for hydroxylation is 1. The van der Waals surface area contributed by atoms with Crippen LogP contribution >= 0.6 is 12.6 Å². The molecule has 2 aromatic carbocycles. The van der Waals surface area contributed by atoms with Crippen LogP contribution in [-0.2, 0) is 6.42 Å². The lowest BCUT2D eigenvalue weighted by atomic mass is 9.98. The quantitative estimate of drug-likeness (QED) is 0.678. The predicted octanol–water partition coefficient (Wildman–Crippen LogP) is 5.49. The Morgan fingerprint density at radius 3 is 1.83 bits per heavy atom. The van der Waals surface area contributed by atoms with Crippen molar-refractivity contribution in [2.45, 2.75) is 27.2 Å². The molecule has 0 bridgehead atoms. The third-order valence-corrected chi connectivity index (χ3v) is 2.48. The van der Waals surface area contributed by atoms with Crippen LogP contribution in [0.15, 0.2) is 54.6 Å². The van der Waals surface area contributed by atoms with E-state index in [1.807, 2.05) is 13.8 Å². The molecule has 0 aromatic heterocycles. The van der Waals surface area contributed by atoms with E-state index in [-0.39, 0.29) is 0 Å². The lowest BCUT2D eigenvalue weighted by Gasteiger charge is -2.06. The third-order valence-electron chi connectivity index (χ3n) is 2.48. The Bertz CT molecular complexity index is 407. The van der Waals surface area contributed by atoms with Crippen LogP contribution in [0.4, 0.5) is 0 Å². The zero-order chi connectivity index (χ0) is 13.8. The SMILES string of the molecule is CC.CCc1ccccc1-c1ccccc1.CS. The minimum absolute atomic E-state index is 1.09. The van der Waals surface area contributed by atoms with Crippen molar-refractivity contribution in [3.05, 3.63) is 60.2 Å². The summed E-state index contributed by atoms with van der Waals surface area (Å²) in [5.41, 5.74) is 4.08. The Hall–Kier alpha value is -1.21. The van der Waals surface area contributed by atoms with Crippen molar-refractivity contribution in [2.75, 3.05) is 6.26 Å².